The van der Waals surface area contributed by atoms with Gasteiger partial charge in [-0.05, 0) is 24.3 Å². The van der Waals surface area contributed by atoms with Crippen LogP contribution in [-0.2, 0) is 6.54 Å². The molecule has 0 aliphatic carbocycles. The van der Waals surface area contributed by atoms with E-state index in [1.165, 1.54) is 11.1 Å². The summed E-state index contributed by atoms with van der Waals surface area (Å²) in [4.78, 5) is 0. The van der Waals surface area contributed by atoms with Crippen LogP contribution in [0.1, 0.15) is 30.8 Å². The fourth-order valence-corrected chi connectivity index (χ4v) is 3.18. The second kappa shape index (κ2) is 4.23. The van der Waals surface area contributed by atoms with Crippen LogP contribution in [0.15, 0.2) is 10.8 Å². The zero-order valence-electron chi connectivity index (χ0n) is 10.1. The van der Waals surface area contributed by atoms with Crippen LogP contribution in [0.4, 0.5) is 0 Å². The number of fused-ring (bicyclic) bond motifs is 1. The van der Waals surface area contributed by atoms with Gasteiger partial charge in [-0.2, -0.15) is 11.3 Å². The first-order valence-electron chi connectivity index (χ1n) is 6.01. The van der Waals surface area contributed by atoms with Crippen molar-refractivity contribution in [3.63, 3.8) is 0 Å². The third-order valence-electron chi connectivity index (χ3n) is 3.32. The number of thiophene rings is 1. The summed E-state index contributed by atoms with van der Waals surface area (Å²) in [6, 6.07) is 0.351. The van der Waals surface area contributed by atoms with E-state index in [0.717, 1.165) is 31.2 Å². The molecule has 3 rings (SSSR count). The van der Waals surface area contributed by atoms with E-state index in [4.69, 9.17) is 0 Å². The summed E-state index contributed by atoms with van der Waals surface area (Å²) >= 11 is 1.72. The highest BCUT2D eigenvalue weighted by molar-refractivity contribution is 7.08. The Balaban J connectivity index is 2.09. The van der Waals surface area contributed by atoms with Gasteiger partial charge in [-0.3, -0.25) is 0 Å². The van der Waals surface area contributed by atoms with E-state index in [-0.39, 0.29) is 0 Å². The third-order valence-corrected chi connectivity index (χ3v) is 4.18. The summed E-state index contributed by atoms with van der Waals surface area (Å²) in [6.45, 7) is 6.27. The number of hydrogen-bond acceptors (Lipinski definition) is 4. The normalized spacial score (nSPS) is 19.3. The highest BCUT2D eigenvalue weighted by Gasteiger charge is 2.24. The van der Waals surface area contributed by atoms with Gasteiger partial charge in [0.1, 0.15) is 0 Å². The molecule has 0 aromatic carbocycles. The molecular weight excluding hydrogens is 232 g/mol. The zero-order chi connectivity index (χ0) is 11.8. The maximum Gasteiger partial charge on any atom is 0.165 e. The van der Waals surface area contributed by atoms with E-state index in [0.29, 0.717) is 6.04 Å². The van der Waals surface area contributed by atoms with Gasteiger partial charge in [-0.15, -0.1) is 10.2 Å². The molecule has 0 spiro atoms. The Bertz CT molecular complexity index is 528. The number of hydrogen-bond donors (Lipinski definition) is 1. The molecule has 5 heteroatoms. The topological polar surface area (TPSA) is 42.7 Å². The molecule has 0 bridgehead atoms. The Morgan fingerprint density at radius 1 is 1.47 bits per heavy atom. The highest BCUT2D eigenvalue weighted by atomic mass is 32.1. The van der Waals surface area contributed by atoms with Crippen molar-refractivity contribution in [2.75, 3.05) is 6.54 Å². The zero-order valence-corrected chi connectivity index (χ0v) is 10.9. The lowest BCUT2D eigenvalue weighted by molar-refractivity contribution is 0.407. The van der Waals surface area contributed by atoms with E-state index in [1.54, 1.807) is 11.3 Å². The first-order valence-corrected chi connectivity index (χ1v) is 6.95. The Morgan fingerprint density at radius 3 is 3.06 bits per heavy atom. The molecule has 1 aliphatic rings. The lowest BCUT2D eigenvalue weighted by atomic mass is 10.1. The van der Waals surface area contributed by atoms with Gasteiger partial charge in [0.2, 0.25) is 0 Å². The van der Waals surface area contributed by atoms with Gasteiger partial charge in [-0.1, -0.05) is 6.92 Å². The monoisotopic (exact) mass is 248 g/mol. The lowest BCUT2D eigenvalue weighted by Gasteiger charge is -2.23. The van der Waals surface area contributed by atoms with Crippen molar-refractivity contribution in [2.45, 2.75) is 32.9 Å². The molecule has 17 heavy (non-hydrogen) atoms. The van der Waals surface area contributed by atoms with Crippen molar-refractivity contribution in [2.24, 2.45) is 0 Å². The fourth-order valence-electron chi connectivity index (χ4n) is 2.35. The number of nitrogens with zero attached hydrogens (tertiary/aromatic N) is 3. The molecule has 0 saturated heterocycles. The van der Waals surface area contributed by atoms with Gasteiger partial charge < -0.3 is 9.88 Å². The van der Waals surface area contributed by atoms with E-state index in [2.05, 4.69) is 44.7 Å². The quantitative estimate of drug-likeness (QED) is 0.887. The molecule has 3 heterocycles. The Labute approximate surface area is 105 Å². The lowest BCUT2D eigenvalue weighted by Crippen LogP contribution is -2.33. The van der Waals surface area contributed by atoms with E-state index in [9.17, 15) is 0 Å². The van der Waals surface area contributed by atoms with Crippen LogP contribution in [0.2, 0.25) is 0 Å². The van der Waals surface area contributed by atoms with Crippen LogP contribution in [-0.4, -0.2) is 21.3 Å². The summed E-state index contributed by atoms with van der Waals surface area (Å²) in [5.41, 5.74) is 2.52. The van der Waals surface area contributed by atoms with Crippen molar-refractivity contribution in [1.82, 2.24) is 20.1 Å². The van der Waals surface area contributed by atoms with Gasteiger partial charge in [0.25, 0.3) is 0 Å². The molecular formula is C12H16N4S. The number of aromatic nitrogens is 3. The predicted molar refractivity (Wildman–Crippen MR) is 69.1 cm³/mol. The molecule has 2 aromatic rings. The van der Waals surface area contributed by atoms with Gasteiger partial charge >= 0.3 is 0 Å². The minimum Gasteiger partial charge on any atom is -0.308 e. The third kappa shape index (κ3) is 1.70. The van der Waals surface area contributed by atoms with Crippen LogP contribution in [0, 0.1) is 6.92 Å². The van der Waals surface area contributed by atoms with Crippen molar-refractivity contribution in [1.29, 1.82) is 0 Å². The summed E-state index contributed by atoms with van der Waals surface area (Å²) in [6.07, 6.45) is 1.06. The number of rotatable bonds is 2. The molecule has 0 amide bonds. The smallest absolute Gasteiger partial charge is 0.165 e. The van der Waals surface area contributed by atoms with Crippen molar-refractivity contribution in [3.05, 3.63) is 22.1 Å². The van der Waals surface area contributed by atoms with Gasteiger partial charge in [0.15, 0.2) is 11.6 Å². The average Bonchev–Trinajstić information content (AvgIpc) is 2.94. The van der Waals surface area contributed by atoms with Crippen molar-refractivity contribution < 1.29 is 0 Å². The SMILES string of the molecule is CCC1NCCn2c(-c3cscc3C)nnc21. The van der Waals surface area contributed by atoms with Crippen LogP contribution < -0.4 is 5.32 Å². The van der Waals surface area contributed by atoms with Gasteiger partial charge in [0.05, 0.1) is 6.04 Å². The van der Waals surface area contributed by atoms with Crippen LogP contribution >= 0.6 is 11.3 Å². The maximum atomic E-state index is 4.38. The first kappa shape index (κ1) is 10.9. The van der Waals surface area contributed by atoms with E-state index >= 15 is 0 Å². The Kier molecular flexibility index (Phi) is 2.72. The van der Waals surface area contributed by atoms with Crippen molar-refractivity contribution >= 4 is 11.3 Å². The molecule has 1 aliphatic heterocycles. The van der Waals surface area contributed by atoms with Gasteiger partial charge in [-0.25, -0.2) is 0 Å². The van der Waals surface area contributed by atoms with E-state index < -0.39 is 0 Å². The van der Waals surface area contributed by atoms with Gasteiger partial charge in [0, 0.05) is 24.0 Å². The molecule has 1 atom stereocenters. The molecule has 1 N–H and O–H groups in total. The van der Waals surface area contributed by atoms with Crippen molar-refractivity contribution in [3.8, 4) is 11.4 Å². The summed E-state index contributed by atoms with van der Waals surface area (Å²) in [5.74, 6) is 2.11. The molecule has 4 nitrogen and oxygen atoms in total. The standard InChI is InChI=1S/C12H16N4S/c1-3-10-12-15-14-11(16(12)5-4-13-10)9-7-17-6-8(9)2/h6-7,10,13H,3-5H2,1-2H3. The van der Waals surface area contributed by atoms with Crippen LogP contribution in [0.3, 0.4) is 0 Å². The minimum absolute atomic E-state index is 0.351. The molecule has 0 saturated carbocycles. The largest absolute Gasteiger partial charge is 0.308 e. The summed E-state index contributed by atoms with van der Waals surface area (Å²) in [7, 11) is 0. The number of aryl methyl sites for hydroxylation is 1. The molecule has 1 unspecified atom stereocenters. The second-order valence-electron chi connectivity index (χ2n) is 4.42. The molecule has 90 valence electrons. The van der Waals surface area contributed by atoms with Crippen LogP contribution in [0.25, 0.3) is 11.4 Å². The number of nitrogens with one attached hydrogen (secondary N) is 1. The molecule has 0 fully saturated rings. The maximum absolute atomic E-state index is 4.38. The molecule has 0 radical (unpaired) electrons. The Hall–Kier alpha value is -1.20. The highest BCUT2D eigenvalue weighted by Crippen LogP contribution is 2.29. The molecule has 2 aromatic heterocycles. The van der Waals surface area contributed by atoms with Crippen LogP contribution in [0.5, 0.6) is 0 Å². The average molecular weight is 248 g/mol. The first-order chi connectivity index (χ1) is 8.31. The van der Waals surface area contributed by atoms with E-state index in [1.807, 2.05) is 0 Å². The second-order valence-corrected chi connectivity index (χ2v) is 5.16. The predicted octanol–water partition coefficient (Wildman–Crippen LogP) is 2.37. The summed E-state index contributed by atoms with van der Waals surface area (Å²) < 4.78 is 2.26. The summed E-state index contributed by atoms with van der Waals surface area (Å²) in [5, 5.41) is 16.5. The fraction of sp³-hybridized carbons (Fsp3) is 0.500. The minimum atomic E-state index is 0.351. The Morgan fingerprint density at radius 2 is 2.35 bits per heavy atom.